The van der Waals surface area contributed by atoms with Crippen LogP contribution >= 0.6 is 0 Å². The molecule has 2 rings (SSSR count). The number of nitrogens with two attached hydrogens (primary N) is 1. The zero-order valence-corrected chi connectivity index (χ0v) is 9.89. The van der Waals surface area contributed by atoms with E-state index in [0.717, 1.165) is 12.3 Å². The molecule has 0 saturated heterocycles. The van der Waals surface area contributed by atoms with Crippen molar-refractivity contribution >= 4 is 0 Å². The van der Waals surface area contributed by atoms with Crippen molar-refractivity contribution in [3.8, 4) is 0 Å². The molecule has 1 aromatic carbocycles. The van der Waals surface area contributed by atoms with E-state index < -0.39 is 0 Å². The monoisotopic (exact) mass is 219 g/mol. The number of hydrogen-bond acceptors (Lipinski definition) is 2. The normalized spacial score (nSPS) is 19.4. The van der Waals surface area contributed by atoms with E-state index >= 15 is 0 Å². The average Bonchev–Trinajstić information content (AvgIpc) is 3.09. The zero-order valence-electron chi connectivity index (χ0n) is 9.89. The molecule has 0 radical (unpaired) electrons. The van der Waals surface area contributed by atoms with Crippen LogP contribution in [0.15, 0.2) is 24.3 Å². The molecule has 0 aromatic heterocycles. The highest BCUT2D eigenvalue weighted by Gasteiger charge is 2.24. The summed E-state index contributed by atoms with van der Waals surface area (Å²) in [5.41, 5.74) is 8.72. The van der Waals surface area contributed by atoms with E-state index in [9.17, 15) is 0 Å². The third kappa shape index (κ3) is 2.63. The zero-order chi connectivity index (χ0) is 11.5. The van der Waals surface area contributed by atoms with E-state index in [-0.39, 0.29) is 18.6 Å². The van der Waals surface area contributed by atoms with Gasteiger partial charge >= 0.3 is 0 Å². The molecule has 0 heterocycles. The van der Waals surface area contributed by atoms with Gasteiger partial charge in [0.2, 0.25) is 0 Å². The van der Waals surface area contributed by atoms with Crippen molar-refractivity contribution in [2.45, 2.75) is 44.1 Å². The van der Waals surface area contributed by atoms with Gasteiger partial charge in [-0.1, -0.05) is 24.3 Å². The number of hydrogen-bond donors (Lipinski definition) is 2. The Kier molecular flexibility index (Phi) is 3.62. The topological polar surface area (TPSA) is 46.2 Å². The third-order valence-electron chi connectivity index (χ3n) is 3.46. The molecule has 16 heavy (non-hydrogen) atoms. The molecule has 1 aliphatic rings. The maximum absolute atomic E-state index is 9.08. The van der Waals surface area contributed by atoms with Gasteiger partial charge in [0.25, 0.3) is 0 Å². The molecule has 0 amide bonds. The van der Waals surface area contributed by atoms with Gasteiger partial charge in [-0.15, -0.1) is 0 Å². The van der Waals surface area contributed by atoms with E-state index in [2.05, 4.69) is 24.3 Å². The molecular formula is C14H21NO. The molecule has 1 fully saturated rings. The van der Waals surface area contributed by atoms with Crippen LogP contribution < -0.4 is 5.73 Å². The van der Waals surface area contributed by atoms with Crippen molar-refractivity contribution in [3.63, 3.8) is 0 Å². The number of benzene rings is 1. The van der Waals surface area contributed by atoms with E-state index in [1.54, 1.807) is 0 Å². The molecule has 2 heteroatoms. The minimum Gasteiger partial charge on any atom is -0.396 e. The molecule has 88 valence electrons. The summed E-state index contributed by atoms with van der Waals surface area (Å²) >= 11 is 0. The van der Waals surface area contributed by atoms with Crippen LogP contribution in [0, 0.1) is 0 Å². The Labute approximate surface area is 97.5 Å². The summed E-state index contributed by atoms with van der Waals surface area (Å²) in [5.74, 6) is 1.06. The smallest absolute Gasteiger partial charge is 0.0437 e. The largest absolute Gasteiger partial charge is 0.396 e. The SMILES string of the molecule is CC(N)C(CCO)c1cccc(C2CC2)c1. The first-order valence-electron chi connectivity index (χ1n) is 6.18. The molecule has 1 aliphatic carbocycles. The predicted molar refractivity (Wildman–Crippen MR) is 66.5 cm³/mol. The minimum atomic E-state index is 0.0987. The lowest BCUT2D eigenvalue weighted by atomic mass is 9.89. The Hall–Kier alpha value is -0.860. The van der Waals surface area contributed by atoms with Crippen molar-refractivity contribution in [3.05, 3.63) is 35.4 Å². The predicted octanol–water partition coefficient (Wildman–Crippen LogP) is 2.38. The molecule has 2 unspecified atom stereocenters. The Bertz CT molecular complexity index is 344. The fourth-order valence-electron chi connectivity index (χ4n) is 2.33. The summed E-state index contributed by atoms with van der Waals surface area (Å²) in [6, 6.07) is 8.84. The molecule has 0 aliphatic heterocycles. The van der Waals surface area contributed by atoms with Crippen LogP contribution in [0.3, 0.4) is 0 Å². The maximum atomic E-state index is 9.08. The first-order valence-corrected chi connectivity index (χ1v) is 6.18. The summed E-state index contributed by atoms with van der Waals surface area (Å²) in [6.45, 7) is 2.23. The molecule has 1 saturated carbocycles. The van der Waals surface area contributed by atoms with Crippen LogP contribution in [0.4, 0.5) is 0 Å². The Morgan fingerprint density at radius 2 is 2.19 bits per heavy atom. The second-order valence-electron chi connectivity index (χ2n) is 4.92. The molecule has 2 nitrogen and oxygen atoms in total. The summed E-state index contributed by atoms with van der Waals surface area (Å²) < 4.78 is 0. The minimum absolute atomic E-state index is 0.0987. The second-order valence-corrected chi connectivity index (χ2v) is 4.92. The van der Waals surface area contributed by atoms with Crippen molar-refractivity contribution in [1.82, 2.24) is 0 Å². The van der Waals surface area contributed by atoms with Gasteiger partial charge in [-0.05, 0) is 43.2 Å². The highest BCUT2D eigenvalue weighted by atomic mass is 16.3. The first-order chi connectivity index (χ1) is 7.72. The van der Waals surface area contributed by atoms with E-state index in [1.165, 1.54) is 24.0 Å². The summed E-state index contributed by atoms with van der Waals surface area (Å²) in [5, 5.41) is 9.08. The van der Waals surface area contributed by atoms with Crippen LogP contribution in [-0.2, 0) is 0 Å². The lowest BCUT2D eigenvalue weighted by molar-refractivity contribution is 0.269. The lowest BCUT2D eigenvalue weighted by Gasteiger charge is -2.21. The van der Waals surface area contributed by atoms with Crippen molar-refractivity contribution in [2.75, 3.05) is 6.61 Å². The van der Waals surface area contributed by atoms with Crippen LogP contribution in [0.2, 0.25) is 0 Å². The van der Waals surface area contributed by atoms with Gasteiger partial charge in [0.1, 0.15) is 0 Å². The molecule has 0 bridgehead atoms. The van der Waals surface area contributed by atoms with Crippen LogP contribution in [0.5, 0.6) is 0 Å². The van der Waals surface area contributed by atoms with Gasteiger partial charge in [-0.3, -0.25) is 0 Å². The Morgan fingerprint density at radius 1 is 1.44 bits per heavy atom. The number of rotatable bonds is 5. The number of aliphatic hydroxyl groups is 1. The van der Waals surface area contributed by atoms with E-state index in [1.807, 2.05) is 6.92 Å². The van der Waals surface area contributed by atoms with Crippen LogP contribution in [-0.4, -0.2) is 17.8 Å². The summed E-state index contributed by atoms with van der Waals surface area (Å²) in [6.07, 6.45) is 3.41. The molecule has 1 aromatic rings. The maximum Gasteiger partial charge on any atom is 0.0437 e. The summed E-state index contributed by atoms with van der Waals surface area (Å²) in [7, 11) is 0. The number of aliphatic hydroxyl groups excluding tert-OH is 1. The van der Waals surface area contributed by atoms with Gasteiger partial charge in [-0.25, -0.2) is 0 Å². The molecule has 3 N–H and O–H groups in total. The highest BCUT2D eigenvalue weighted by Crippen LogP contribution is 2.41. The Morgan fingerprint density at radius 3 is 2.75 bits per heavy atom. The first kappa shape index (κ1) is 11.6. The lowest BCUT2D eigenvalue weighted by Crippen LogP contribution is -2.25. The summed E-state index contributed by atoms with van der Waals surface area (Å²) in [4.78, 5) is 0. The average molecular weight is 219 g/mol. The fourth-order valence-corrected chi connectivity index (χ4v) is 2.33. The van der Waals surface area contributed by atoms with Gasteiger partial charge < -0.3 is 10.8 Å². The van der Waals surface area contributed by atoms with Crippen molar-refractivity contribution in [2.24, 2.45) is 5.73 Å². The molecule has 0 spiro atoms. The fraction of sp³-hybridized carbons (Fsp3) is 0.571. The second kappa shape index (κ2) is 4.98. The van der Waals surface area contributed by atoms with Crippen molar-refractivity contribution in [1.29, 1.82) is 0 Å². The third-order valence-corrected chi connectivity index (χ3v) is 3.46. The van der Waals surface area contributed by atoms with Gasteiger partial charge in [0.15, 0.2) is 0 Å². The van der Waals surface area contributed by atoms with E-state index in [0.29, 0.717) is 0 Å². The Balaban J connectivity index is 2.19. The van der Waals surface area contributed by atoms with Crippen LogP contribution in [0.25, 0.3) is 0 Å². The quantitative estimate of drug-likeness (QED) is 0.798. The molecular weight excluding hydrogens is 198 g/mol. The van der Waals surface area contributed by atoms with Crippen LogP contribution in [0.1, 0.15) is 49.1 Å². The van der Waals surface area contributed by atoms with Crippen molar-refractivity contribution < 1.29 is 5.11 Å². The molecule has 2 atom stereocenters. The highest BCUT2D eigenvalue weighted by molar-refractivity contribution is 5.31. The van der Waals surface area contributed by atoms with Gasteiger partial charge in [0.05, 0.1) is 0 Å². The van der Waals surface area contributed by atoms with Gasteiger partial charge in [-0.2, -0.15) is 0 Å². The standard InChI is InChI=1S/C14H21NO/c1-10(15)14(7-8-16)13-4-2-3-12(9-13)11-5-6-11/h2-4,9-11,14,16H,5-8,15H2,1H3. The van der Waals surface area contributed by atoms with E-state index in [4.69, 9.17) is 10.8 Å². The van der Waals surface area contributed by atoms with Gasteiger partial charge in [0, 0.05) is 18.6 Å².